The van der Waals surface area contributed by atoms with Crippen LogP contribution in [-0.2, 0) is 13.1 Å². The molecule has 0 atom stereocenters. The molecule has 0 aliphatic rings. The molecule has 5 nitrogen and oxygen atoms in total. The van der Waals surface area contributed by atoms with Crippen LogP contribution in [0, 0.1) is 13.8 Å². The molecule has 26 heavy (non-hydrogen) atoms. The molecule has 0 unspecified atom stereocenters. The lowest BCUT2D eigenvalue weighted by atomic mass is 10.2. The van der Waals surface area contributed by atoms with Gasteiger partial charge in [0.05, 0.1) is 12.3 Å². The normalized spacial score (nSPS) is 11.2. The van der Waals surface area contributed by atoms with Gasteiger partial charge < -0.3 is 10.1 Å². The van der Waals surface area contributed by atoms with Crippen molar-refractivity contribution in [3.63, 3.8) is 0 Å². The largest absolute Gasteiger partial charge is 0.494 e. The van der Waals surface area contributed by atoms with Crippen molar-refractivity contribution in [2.75, 3.05) is 6.61 Å². The van der Waals surface area contributed by atoms with Gasteiger partial charge in [0.2, 0.25) is 0 Å². The summed E-state index contributed by atoms with van der Waals surface area (Å²) in [6.45, 7) is 8.58. The van der Waals surface area contributed by atoms with Crippen LogP contribution < -0.4 is 10.1 Å². The summed E-state index contributed by atoms with van der Waals surface area (Å²) in [6, 6.07) is 10.4. The van der Waals surface area contributed by atoms with Gasteiger partial charge in [-0.2, -0.15) is 0 Å². The number of fused-ring (bicyclic) bond motifs is 1. The molecule has 0 saturated heterocycles. The summed E-state index contributed by atoms with van der Waals surface area (Å²) < 4.78 is 7.79. The number of rotatable bonds is 9. The van der Waals surface area contributed by atoms with Gasteiger partial charge in [0.25, 0.3) is 0 Å². The maximum atomic E-state index is 5.76. The van der Waals surface area contributed by atoms with E-state index in [0.717, 1.165) is 48.1 Å². The van der Waals surface area contributed by atoms with Crippen molar-refractivity contribution in [3.8, 4) is 5.75 Å². The highest BCUT2D eigenvalue weighted by molar-refractivity contribution is 5.46. The van der Waals surface area contributed by atoms with Crippen LogP contribution in [0.1, 0.15) is 48.8 Å². The molecule has 1 aromatic carbocycles. The van der Waals surface area contributed by atoms with E-state index in [2.05, 4.69) is 47.3 Å². The van der Waals surface area contributed by atoms with Crippen LogP contribution in [0.3, 0.4) is 0 Å². The molecule has 3 aromatic rings. The zero-order valence-corrected chi connectivity index (χ0v) is 16.0. The van der Waals surface area contributed by atoms with Crippen LogP contribution >= 0.6 is 0 Å². The highest BCUT2D eigenvalue weighted by Gasteiger charge is 2.08. The van der Waals surface area contributed by atoms with Crippen molar-refractivity contribution >= 4 is 5.65 Å². The SMILES string of the molecule is CCCCCOc1ccc(CNCc2ncn3c(C)cc(C)nc23)cc1. The minimum atomic E-state index is 0.696. The number of aryl methyl sites for hydroxylation is 2. The van der Waals surface area contributed by atoms with Crippen molar-refractivity contribution in [1.29, 1.82) is 0 Å². The van der Waals surface area contributed by atoms with E-state index in [4.69, 9.17) is 4.74 Å². The third kappa shape index (κ3) is 4.61. The summed E-state index contributed by atoms with van der Waals surface area (Å²) in [5.74, 6) is 0.945. The van der Waals surface area contributed by atoms with Gasteiger partial charge in [-0.3, -0.25) is 4.40 Å². The first kappa shape index (κ1) is 18.4. The van der Waals surface area contributed by atoms with Gasteiger partial charge >= 0.3 is 0 Å². The Kier molecular flexibility index (Phi) is 6.23. The van der Waals surface area contributed by atoms with Crippen molar-refractivity contribution in [2.45, 2.75) is 53.1 Å². The van der Waals surface area contributed by atoms with Crippen molar-refractivity contribution < 1.29 is 4.74 Å². The van der Waals surface area contributed by atoms with Crippen LogP contribution in [-0.4, -0.2) is 21.0 Å². The van der Waals surface area contributed by atoms with Crippen LogP contribution in [0.2, 0.25) is 0 Å². The van der Waals surface area contributed by atoms with E-state index in [1.165, 1.54) is 18.4 Å². The molecule has 0 spiro atoms. The van der Waals surface area contributed by atoms with Gasteiger partial charge in [0.1, 0.15) is 12.1 Å². The lowest BCUT2D eigenvalue weighted by Gasteiger charge is -2.08. The molecule has 3 rings (SSSR count). The van der Waals surface area contributed by atoms with Crippen LogP contribution in [0.15, 0.2) is 36.7 Å². The highest BCUT2D eigenvalue weighted by atomic mass is 16.5. The average molecular weight is 352 g/mol. The van der Waals surface area contributed by atoms with E-state index < -0.39 is 0 Å². The van der Waals surface area contributed by atoms with Gasteiger partial charge in [-0.05, 0) is 44.0 Å². The zero-order chi connectivity index (χ0) is 18.4. The van der Waals surface area contributed by atoms with Gasteiger partial charge in [-0.25, -0.2) is 9.97 Å². The third-order valence-electron chi connectivity index (χ3n) is 4.46. The summed E-state index contributed by atoms with van der Waals surface area (Å²) in [5, 5.41) is 3.46. The molecule has 138 valence electrons. The van der Waals surface area contributed by atoms with Gasteiger partial charge in [-0.15, -0.1) is 0 Å². The number of nitrogens with one attached hydrogen (secondary N) is 1. The first-order chi connectivity index (χ1) is 12.7. The fraction of sp³-hybridized carbons (Fsp3) is 0.429. The molecule has 0 radical (unpaired) electrons. The van der Waals surface area contributed by atoms with E-state index in [1.54, 1.807) is 0 Å². The Labute approximate surface area is 155 Å². The monoisotopic (exact) mass is 352 g/mol. The van der Waals surface area contributed by atoms with Crippen LogP contribution in [0.5, 0.6) is 5.75 Å². The van der Waals surface area contributed by atoms with Gasteiger partial charge in [0.15, 0.2) is 5.65 Å². The fourth-order valence-corrected chi connectivity index (χ4v) is 3.02. The fourth-order valence-electron chi connectivity index (χ4n) is 3.02. The summed E-state index contributed by atoms with van der Waals surface area (Å²) in [4.78, 5) is 9.13. The van der Waals surface area contributed by atoms with E-state index in [1.807, 2.05) is 29.8 Å². The molecule has 0 saturated carbocycles. The number of ether oxygens (including phenoxy) is 1. The minimum absolute atomic E-state index is 0.696. The second-order valence-corrected chi connectivity index (χ2v) is 6.73. The Bertz CT molecular complexity index is 839. The molecule has 5 heteroatoms. The minimum Gasteiger partial charge on any atom is -0.494 e. The van der Waals surface area contributed by atoms with Crippen molar-refractivity contribution in [3.05, 3.63) is 59.3 Å². The predicted molar refractivity (Wildman–Crippen MR) is 104 cm³/mol. The number of hydrogen-bond acceptors (Lipinski definition) is 4. The molecule has 0 aliphatic heterocycles. The van der Waals surface area contributed by atoms with E-state index in [-0.39, 0.29) is 0 Å². The van der Waals surface area contributed by atoms with Crippen molar-refractivity contribution in [1.82, 2.24) is 19.7 Å². The Morgan fingerprint density at radius 2 is 1.88 bits per heavy atom. The smallest absolute Gasteiger partial charge is 0.161 e. The number of imidazole rings is 1. The van der Waals surface area contributed by atoms with E-state index >= 15 is 0 Å². The van der Waals surface area contributed by atoms with Gasteiger partial charge in [-0.1, -0.05) is 31.9 Å². The Morgan fingerprint density at radius 1 is 1.08 bits per heavy atom. The Balaban J connectivity index is 1.52. The second kappa shape index (κ2) is 8.81. The number of aromatic nitrogens is 3. The van der Waals surface area contributed by atoms with E-state index in [9.17, 15) is 0 Å². The predicted octanol–water partition coefficient (Wildman–Crippen LogP) is 4.20. The molecule has 0 bridgehead atoms. The average Bonchev–Trinajstić information content (AvgIpc) is 3.03. The molecular formula is C21H28N4O. The lowest BCUT2D eigenvalue weighted by molar-refractivity contribution is 0.306. The summed E-state index contributed by atoms with van der Waals surface area (Å²) in [5.41, 5.74) is 5.32. The highest BCUT2D eigenvalue weighted by Crippen LogP contribution is 2.14. The third-order valence-corrected chi connectivity index (χ3v) is 4.46. The topological polar surface area (TPSA) is 51.5 Å². The van der Waals surface area contributed by atoms with E-state index in [0.29, 0.717) is 6.54 Å². The van der Waals surface area contributed by atoms with Crippen LogP contribution in [0.25, 0.3) is 5.65 Å². The standard InChI is InChI=1S/C21H28N4O/c1-4-5-6-11-26-19-9-7-18(8-10-19)13-22-14-20-21-24-16(2)12-17(3)25(21)15-23-20/h7-10,12,15,22H,4-6,11,13-14H2,1-3H3. The zero-order valence-electron chi connectivity index (χ0n) is 16.0. The van der Waals surface area contributed by atoms with Gasteiger partial charge in [0, 0.05) is 24.5 Å². The number of hydrogen-bond donors (Lipinski definition) is 1. The molecule has 0 aliphatic carbocycles. The summed E-state index contributed by atoms with van der Waals surface area (Å²) in [7, 11) is 0. The quantitative estimate of drug-likeness (QED) is 0.586. The Morgan fingerprint density at radius 3 is 2.65 bits per heavy atom. The molecular weight excluding hydrogens is 324 g/mol. The molecule has 2 heterocycles. The molecule has 0 fully saturated rings. The number of benzene rings is 1. The summed E-state index contributed by atoms with van der Waals surface area (Å²) in [6.07, 6.45) is 5.40. The molecule has 1 N–H and O–H groups in total. The molecule has 2 aromatic heterocycles. The maximum Gasteiger partial charge on any atom is 0.161 e. The maximum absolute atomic E-state index is 5.76. The van der Waals surface area contributed by atoms with Crippen LogP contribution in [0.4, 0.5) is 0 Å². The Hall–Kier alpha value is -2.40. The first-order valence-corrected chi connectivity index (χ1v) is 9.40. The summed E-state index contributed by atoms with van der Waals surface area (Å²) >= 11 is 0. The molecule has 0 amide bonds. The van der Waals surface area contributed by atoms with Crippen molar-refractivity contribution in [2.24, 2.45) is 0 Å². The first-order valence-electron chi connectivity index (χ1n) is 9.40. The number of nitrogens with zero attached hydrogens (tertiary/aromatic N) is 3. The number of unbranched alkanes of at least 4 members (excludes halogenated alkanes) is 2. The second-order valence-electron chi connectivity index (χ2n) is 6.73. The lowest BCUT2D eigenvalue weighted by Crippen LogP contribution is -2.13.